The first-order chi connectivity index (χ1) is 14.6. The molecule has 0 aliphatic carbocycles. The van der Waals surface area contributed by atoms with Crippen LogP contribution in [0.25, 0.3) is 0 Å². The molecule has 0 aliphatic heterocycles. The third kappa shape index (κ3) is 8.74. The highest BCUT2D eigenvalue weighted by atomic mass is 16.5. The second-order valence-electron chi connectivity index (χ2n) is 6.83. The van der Waals surface area contributed by atoms with E-state index in [0.29, 0.717) is 37.2 Å². The molecule has 0 radical (unpaired) electrons. The maximum absolute atomic E-state index is 12.2. The molecule has 0 aliphatic rings. The van der Waals surface area contributed by atoms with Gasteiger partial charge >= 0.3 is 6.03 Å². The summed E-state index contributed by atoms with van der Waals surface area (Å²) in [5.41, 5.74) is 3.73. The maximum Gasteiger partial charge on any atom is 0.319 e. The standard InChI is InChI=1S/C22H28N4O4/c27-20(26-30)10-6-1-2-7-15-23-21(28)18-11-13-19(14-12-18)25-22(29)24-16-17-8-4-3-5-9-17/h3-5,8-9,11-14,30H,1-2,6-7,10,15-16H2,(H,23,28)(H,26,27)(H2,24,25,29). The zero-order valence-electron chi connectivity index (χ0n) is 16.8. The zero-order chi connectivity index (χ0) is 21.6. The predicted molar refractivity (Wildman–Crippen MR) is 114 cm³/mol. The number of nitrogens with one attached hydrogen (secondary N) is 4. The first-order valence-electron chi connectivity index (χ1n) is 9.98. The van der Waals surface area contributed by atoms with Crippen LogP contribution in [0.2, 0.25) is 0 Å². The molecule has 0 atom stereocenters. The van der Waals surface area contributed by atoms with E-state index in [2.05, 4.69) is 16.0 Å². The van der Waals surface area contributed by atoms with Crippen molar-refractivity contribution < 1.29 is 19.6 Å². The van der Waals surface area contributed by atoms with E-state index in [9.17, 15) is 14.4 Å². The minimum atomic E-state index is -0.380. The van der Waals surface area contributed by atoms with E-state index in [-0.39, 0.29) is 17.8 Å². The van der Waals surface area contributed by atoms with Crippen LogP contribution in [-0.4, -0.2) is 29.6 Å². The van der Waals surface area contributed by atoms with Gasteiger partial charge in [-0.05, 0) is 42.7 Å². The maximum atomic E-state index is 12.2. The summed E-state index contributed by atoms with van der Waals surface area (Å²) in [5, 5.41) is 16.8. The van der Waals surface area contributed by atoms with Crippen LogP contribution in [0.15, 0.2) is 54.6 Å². The summed E-state index contributed by atoms with van der Waals surface area (Å²) in [6.45, 7) is 0.981. The van der Waals surface area contributed by atoms with Gasteiger partial charge in [-0.3, -0.25) is 14.8 Å². The molecule has 2 aromatic carbocycles. The lowest BCUT2D eigenvalue weighted by atomic mass is 10.1. The molecular formula is C22H28N4O4. The molecule has 2 aromatic rings. The normalized spacial score (nSPS) is 10.2. The lowest BCUT2D eigenvalue weighted by molar-refractivity contribution is -0.129. The number of carbonyl (C=O) groups is 3. The van der Waals surface area contributed by atoms with Crippen molar-refractivity contribution in [3.63, 3.8) is 0 Å². The van der Waals surface area contributed by atoms with Crippen LogP contribution in [0.5, 0.6) is 0 Å². The van der Waals surface area contributed by atoms with Crippen LogP contribution in [-0.2, 0) is 11.3 Å². The number of rotatable bonds is 11. The molecule has 8 heteroatoms. The molecule has 0 saturated heterocycles. The lowest BCUT2D eigenvalue weighted by Gasteiger charge is -2.09. The number of hydrogen-bond donors (Lipinski definition) is 5. The molecule has 30 heavy (non-hydrogen) atoms. The Morgan fingerprint density at radius 1 is 0.800 bits per heavy atom. The molecule has 0 saturated carbocycles. The van der Waals surface area contributed by atoms with Crippen molar-refractivity contribution in [2.24, 2.45) is 0 Å². The summed E-state index contributed by atoms with van der Waals surface area (Å²) >= 11 is 0. The molecule has 5 N–H and O–H groups in total. The average molecular weight is 412 g/mol. The molecule has 8 nitrogen and oxygen atoms in total. The monoisotopic (exact) mass is 412 g/mol. The highest BCUT2D eigenvalue weighted by Crippen LogP contribution is 2.10. The van der Waals surface area contributed by atoms with Gasteiger partial charge in [0.25, 0.3) is 5.91 Å². The van der Waals surface area contributed by atoms with Gasteiger partial charge in [0.2, 0.25) is 5.91 Å². The summed E-state index contributed by atoms with van der Waals surface area (Å²) < 4.78 is 0. The first kappa shape index (κ1) is 22.9. The van der Waals surface area contributed by atoms with Crippen molar-refractivity contribution in [2.75, 3.05) is 11.9 Å². The third-order valence-electron chi connectivity index (χ3n) is 4.44. The number of hydroxylamine groups is 1. The number of hydrogen-bond acceptors (Lipinski definition) is 4. The Labute approximate surface area is 176 Å². The van der Waals surface area contributed by atoms with Gasteiger partial charge in [-0.25, -0.2) is 10.3 Å². The van der Waals surface area contributed by atoms with Gasteiger partial charge in [-0.15, -0.1) is 0 Å². The molecule has 0 spiro atoms. The number of anilines is 1. The fraction of sp³-hybridized carbons (Fsp3) is 0.318. The Bertz CT molecular complexity index is 810. The van der Waals surface area contributed by atoms with Gasteiger partial charge in [0.15, 0.2) is 0 Å². The Morgan fingerprint density at radius 2 is 1.50 bits per heavy atom. The van der Waals surface area contributed by atoms with E-state index in [4.69, 9.17) is 5.21 Å². The van der Waals surface area contributed by atoms with Crippen molar-refractivity contribution in [3.8, 4) is 0 Å². The van der Waals surface area contributed by atoms with Crippen molar-refractivity contribution in [1.29, 1.82) is 0 Å². The molecule has 2 rings (SSSR count). The van der Waals surface area contributed by atoms with E-state index >= 15 is 0 Å². The second kappa shape index (κ2) is 12.9. The number of benzene rings is 2. The molecule has 4 amide bonds. The minimum Gasteiger partial charge on any atom is -0.352 e. The molecule has 160 valence electrons. The minimum absolute atomic E-state index is 0.172. The van der Waals surface area contributed by atoms with Crippen LogP contribution in [0.1, 0.15) is 48.0 Å². The van der Waals surface area contributed by atoms with Gasteiger partial charge in [0, 0.05) is 30.8 Å². The van der Waals surface area contributed by atoms with Crippen molar-refractivity contribution in [1.82, 2.24) is 16.1 Å². The molecule has 0 aromatic heterocycles. The lowest BCUT2D eigenvalue weighted by Crippen LogP contribution is -2.28. The van der Waals surface area contributed by atoms with Crippen LogP contribution < -0.4 is 21.4 Å². The van der Waals surface area contributed by atoms with Gasteiger partial charge < -0.3 is 16.0 Å². The number of unbranched alkanes of at least 4 members (excludes halogenated alkanes) is 3. The van der Waals surface area contributed by atoms with Gasteiger partial charge in [-0.1, -0.05) is 43.2 Å². The Kier molecular flexibility index (Phi) is 9.88. The fourth-order valence-electron chi connectivity index (χ4n) is 2.78. The predicted octanol–water partition coefficient (Wildman–Crippen LogP) is 3.19. The highest BCUT2D eigenvalue weighted by molar-refractivity contribution is 5.95. The SMILES string of the molecule is O=C(CCCCCCNC(=O)c1ccc(NC(=O)NCc2ccccc2)cc1)NO. The Morgan fingerprint density at radius 3 is 2.20 bits per heavy atom. The Balaban J connectivity index is 1.63. The summed E-state index contributed by atoms with van der Waals surface area (Å²) in [4.78, 5) is 35.0. The molecular weight excluding hydrogens is 384 g/mol. The van der Waals surface area contributed by atoms with E-state index in [1.54, 1.807) is 29.7 Å². The molecule has 0 bridgehead atoms. The highest BCUT2D eigenvalue weighted by Gasteiger charge is 2.06. The topological polar surface area (TPSA) is 120 Å². The van der Waals surface area contributed by atoms with Gasteiger partial charge in [0.1, 0.15) is 0 Å². The molecule has 0 heterocycles. The van der Waals surface area contributed by atoms with E-state index < -0.39 is 0 Å². The number of urea groups is 1. The zero-order valence-corrected chi connectivity index (χ0v) is 16.8. The van der Waals surface area contributed by atoms with Crippen molar-refractivity contribution in [3.05, 3.63) is 65.7 Å². The van der Waals surface area contributed by atoms with Crippen molar-refractivity contribution in [2.45, 2.75) is 38.6 Å². The van der Waals surface area contributed by atoms with Crippen LogP contribution in [0, 0.1) is 0 Å². The molecule has 0 unspecified atom stereocenters. The fourth-order valence-corrected chi connectivity index (χ4v) is 2.78. The Hall–Kier alpha value is -3.39. The number of amides is 4. The van der Waals surface area contributed by atoms with E-state index in [0.717, 1.165) is 24.8 Å². The number of carbonyl (C=O) groups excluding carboxylic acids is 3. The van der Waals surface area contributed by atoms with Crippen LogP contribution in [0.3, 0.4) is 0 Å². The second-order valence-corrected chi connectivity index (χ2v) is 6.83. The quantitative estimate of drug-likeness (QED) is 0.221. The average Bonchev–Trinajstić information content (AvgIpc) is 2.78. The summed E-state index contributed by atoms with van der Waals surface area (Å²) in [6.07, 6.45) is 3.56. The summed E-state index contributed by atoms with van der Waals surface area (Å²) in [7, 11) is 0. The van der Waals surface area contributed by atoms with Crippen LogP contribution >= 0.6 is 0 Å². The smallest absolute Gasteiger partial charge is 0.319 e. The van der Waals surface area contributed by atoms with Gasteiger partial charge in [-0.2, -0.15) is 0 Å². The van der Waals surface area contributed by atoms with Crippen LogP contribution in [0.4, 0.5) is 10.5 Å². The van der Waals surface area contributed by atoms with E-state index in [1.165, 1.54) is 0 Å². The molecule has 0 fully saturated rings. The largest absolute Gasteiger partial charge is 0.352 e. The van der Waals surface area contributed by atoms with E-state index in [1.807, 2.05) is 30.3 Å². The first-order valence-corrected chi connectivity index (χ1v) is 9.98. The summed E-state index contributed by atoms with van der Waals surface area (Å²) in [6, 6.07) is 16.0. The third-order valence-corrected chi connectivity index (χ3v) is 4.44. The van der Waals surface area contributed by atoms with Crippen molar-refractivity contribution >= 4 is 23.5 Å². The van der Waals surface area contributed by atoms with Gasteiger partial charge in [0.05, 0.1) is 0 Å². The summed E-state index contributed by atoms with van der Waals surface area (Å²) in [5.74, 6) is -0.551.